The van der Waals surface area contributed by atoms with Crippen molar-refractivity contribution >= 4 is 23.2 Å². The van der Waals surface area contributed by atoms with E-state index in [1.807, 2.05) is 29.6 Å². The number of nitrogens with zero attached hydrogens (tertiary/aromatic N) is 6. The van der Waals surface area contributed by atoms with E-state index in [1.54, 1.807) is 23.7 Å². The Hall–Kier alpha value is -3.00. The molecule has 1 fully saturated rings. The molecule has 4 rings (SSSR count). The first-order valence-corrected chi connectivity index (χ1v) is 9.74. The number of hydrogen-bond donors (Lipinski definition) is 1. The summed E-state index contributed by atoms with van der Waals surface area (Å²) in [5, 5.41) is 3.06. The molecule has 27 heavy (non-hydrogen) atoms. The van der Waals surface area contributed by atoms with Crippen LogP contribution in [0.2, 0.25) is 0 Å². The molecule has 1 aliphatic rings. The monoisotopic (exact) mass is 379 g/mol. The SMILES string of the molecule is NC(=NCc1csc(-c2ccccc2)n1)N1CCN(c2ncccn2)CC1. The largest absolute Gasteiger partial charge is 0.370 e. The third-order valence-electron chi connectivity index (χ3n) is 4.41. The number of anilines is 1. The lowest BCUT2D eigenvalue weighted by Crippen LogP contribution is -2.51. The number of nitrogens with two attached hydrogens (primary N) is 1. The van der Waals surface area contributed by atoms with Gasteiger partial charge in [0.1, 0.15) is 5.01 Å². The van der Waals surface area contributed by atoms with Crippen LogP contribution in [0.5, 0.6) is 0 Å². The topological polar surface area (TPSA) is 83.5 Å². The minimum Gasteiger partial charge on any atom is -0.370 e. The van der Waals surface area contributed by atoms with Crippen LogP contribution in [0.1, 0.15) is 5.69 Å². The van der Waals surface area contributed by atoms with Crippen molar-refractivity contribution in [3.05, 3.63) is 59.9 Å². The molecule has 1 saturated heterocycles. The molecule has 0 bridgehead atoms. The summed E-state index contributed by atoms with van der Waals surface area (Å²) in [7, 11) is 0. The van der Waals surface area contributed by atoms with Crippen molar-refractivity contribution in [3.63, 3.8) is 0 Å². The van der Waals surface area contributed by atoms with Crippen molar-refractivity contribution in [1.29, 1.82) is 0 Å². The van der Waals surface area contributed by atoms with Gasteiger partial charge in [0, 0.05) is 49.5 Å². The highest BCUT2D eigenvalue weighted by Gasteiger charge is 2.19. The summed E-state index contributed by atoms with van der Waals surface area (Å²) < 4.78 is 0. The van der Waals surface area contributed by atoms with E-state index in [0.717, 1.165) is 48.4 Å². The van der Waals surface area contributed by atoms with Gasteiger partial charge in [-0.05, 0) is 6.07 Å². The quantitative estimate of drug-likeness (QED) is 0.553. The summed E-state index contributed by atoms with van der Waals surface area (Å²) in [4.78, 5) is 22.1. The molecule has 2 aromatic heterocycles. The smallest absolute Gasteiger partial charge is 0.225 e. The van der Waals surface area contributed by atoms with E-state index in [1.165, 1.54) is 0 Å². The molecule has 0 spiro atoms. The maximum atomic E-state index is 6.20. The number of guanidine groups is 1. The first-order chi connectivity index (χ1) is 13.3. The predicted molar refractivity (Wildman–Crippen MR) is 109 cm³/mol. The average molecular weight is 379 g/mol. The van der Waals surface area contributed by atoms with Crippen LogP contribution in [-0.2, 0) is 6.54 Å². The summed E-state index contributed by atoms with van der Waals surface area (Å²) in [6.45, 7) is 3.77. The van der Waals surface area contributed by atoms with Gasteiger partial charge in [0.05, 0.1) is 12.2 Å². The maximum absolute atomic E-state index is 6.20. The molecule has 1 aromatic carbocycles. The lowest BCUT2D eigenvalue weighted by Gasteiger charge is -2.35. The fourth-order valence-corrected chi connectivity index (χ4v) is 3.76. The fraction of sp³-hybridized carbons (Fsp3) is 0.263. The van der Waals surface area contributed by atoms with E-state index >= 15 is 0 Å². The second kappa shape index (κ2) is 8.13. The zero-order valence-corrected chi connectivity index (χ0v) is 15.7. The molecule has 3 heterocycles. The van der Waals surface area contributed by atoms with Crippen LogP contribution in [-0.4, -0.2) is 52.0 Å². The Labute approximate surface area is 162 Å². The van der Waals surface area contributed by atoms with Gasteiger partial charge < -0.3 is 15.5 Å². The average Bonchev–Trinajstić information content (AvgIpc) is 3.22. The molecule has 3 aromatic rings. The Morgan fingerprint density at radius 2 is 1.78 bits per heavy atom. The van der Waals surface area contributed by atoms with Crippen LogP contribution < -0.4 is 10.6 Å². The molecular weight excluding hydrogens is 358 g/mol. The third kappa shape index (κ3) is 4.22. The lowest BCUT2D eigenvalue weighted by atomic mass is 10.2. The summed E-state index contributed by atoms with van der Waals surface area (Å²) >= 11 is 1.63. The van der Waals surface area contributed by atoms with Crippen molar-refractivity contribution in [3.8, 4) is 10.6 Å². The normalized spacial score (nSPS) is 15.2. The highest BCUT2D eigenvalue weighted by atomic mass is 32.1. The van der Waals surface area contributed by atoms with Crippen LogP contribution in [0.15, 0.2) is 59.2 Å². The zero-order chi connectivity index (χ0) is 18.5. The van der Waals surface area contributed by atoms with Crippen molar-refractivity contribution in [1.82, 2.24) is 19.9 Å². The molecular formula is C19H21N7S. The molecule has 0 radical (unpaired) electrons. The van der Waals surface area contributed by atoms with Crippen LogP contribution >= 0.6 is 11.3 Å². The zero-order valence-electron chi connectivity index (χ0n) is 14.9. The van der Waals surface area contributed by atoms with E-state index in [9.17, 15) is 0 Å². The number of thiazole rings is 1. The van der Waals surface area contributed by atoms with Gasteiger partial charge in [-0.3, -0.25) is 0 Å². The van der Waals surface area contributed by atoms with Crippen LogP contribution in [0.25, 0.3) is 10.6 Å². The van der Waals surface area contributed by atoms with Crippen molar-refractivity contribution in [2.45, 2.75) is 6.54 Å². The molecule has 2 N–H and O–H groups in total. The van der Waals surface area contributed by atoms with Crippen LogP contribution in [0.4, 0.5) is 5.95 Å². The molecule has 138 valence electrons. The summed E-state index contributed by atoms with van der Waals surface area (Å²) in [6, 6.07) is 12.0. The third-order valence-corrected chi connectivity index (χ3v) is 5.35. The van der Waals surface area contributed by atoms with E-state index in [2.05, 4.69) is 41.9 Å². The highest BCUT2D eigenvalue weighted by Crippen LogP contribution is 2.23. The molecule has 0 aliphatic carbocycles. The Kier molecular flexibility index (Phi) is 5.24. The molecule has 1 aliphatic heterocycles. The van der Waals surface area contributed by atoms with Gasteiger partial charge in [-0.2, -0.15) is 0 Å². The van der Waals surface area contributed by atoms with Crippen molar-refractivity contribution in [2.75, 3.05) is 31.1 Å². The maximum Gasteiger partial charge on any atom is 0.225 e. The number of benzene rings is 1. The molecule has 0 saturated carbocycles. The van der Waals surface area contributed by atoms with E-state index in [0.29, 0.717) is 12.5 Å². The van der Waals surface area contributed by atoms with E-state index in [4.69, 9.17) is 5.73 Å². The van der Waals surface area contributed by atoms with Gasteiger partial charge in [-0.1, -0.05) is 30.3 Å². The molecule has 8 heteroatoms. The second-order valence-electron chi connectivity index (χ2n) is 6.21. The fourth-order valence-electron chi connectivity index (χ4n) is 2.94. The summed E-state index contributed by atoms with van der Waals surface area (Å²) in [5.74, 6) is 1.33. The van der Waals surface area contributed by atoms with Crippen molar-refractivity contribution in [2.24, 2.45) is 10.7 Å². The molecule has 7 nitrogen and oxygen atoms in total. The summed E-state index contributed by atoms with van der Waals surface area (Å²) in [6.07, 6.45) is 3.53. The highest BCUT2D eigenvalue weighted by molar-refractivity contribution is 7.13. The van der Waals surface area contributed by atoms with Gasteiger partial charge >= 0.3 is 0 Å². The Morgan fingerprint density at radius 1 is 1.04 bits per heavy atom. The first-order valence-electron chi connectivity index (χ1n) is 8.86. The first kappa shape index (κ1) is 17.4. The van der Waals surface area contributed by atoms with Gasteiger partial charge in [-0.15, -0.1) is 11.3 Å². The number of aromatic nitrogens is 3. The van der Waals surface area contributed by atoms with Crippen LogP contribution in [0, 0.1) is 0 Å². The minimum absolute atomic E-state index is 0.497. The van der Waals surface area contributed by atoms with Crippen LogP contribution in [0.3, 0.4) is 0 Å². The summed E-state index contributed by atoms with van der Waals surface area (Å²) in [5.41, 5.74) is 8.27. The van der Waals surface area contributed by atoms with E-state index < -0.39 is 0 Å². The predicted octanol–water partition coefficient (Wildman–Crippen LogP) is 2.24. The number of hydrogen-bond acceptors (Lipinski definition) is 6. The van der Waals surface area contributed by atoms with E-state index in [-0.39, 0.29) is 0 Å². The number of piperazine rings is 1. The second-order valence-corrected chi connectivity index (χ2v) is 7.07. The molecule has 0 atom stereocenters. The van der Waals surface area contributed by atoms with Gasteiger partial charge in [0.2, 0.25) is 5.95 Å². The molecule has 0 unspecified atom stereocenters. The number of rotatable bonds is 4. The Balaban J connectivity index is 1.33. The lowest BCUT2D eigenvalue weighted by molar-refractivity contribution is 0.378. The van der Waals surface area contributed by atoms with Gasteiger partial charge in [0.15, 0.2) is 5.96 Å². The van der Waals surface area contributed by atoms with Gasteiger partial charge in [-0.25, -0.2) is 19.9 Å². The number of aliphatic imine (C=N–C) groups is 1. The Bertz CT molecular complexity index is 887. The standard InChI is InChI=1S/C19H21N7S/c20-18(25-9-11-26(12-10-25)19-21-7-4-8-22-19)23-13-16-14-27-17(24-16)15-5-2-1-3-6-15/h1-8,14H,9-13H2,(H2,20,23). The molecule has 0 amide bonds. The van der Waals surface area contributed by atoms with Gasteiger partial charge in [0.25, 0.3) is 0 Å². The Morgan fingerprint density at radius 3 is 2.52 bits per heavy atom. The minimum atomic E-state index is 0.497. The van der Waals surface area contributed by atoms with Crippen molar-refractivity contribution < 1.29 is 0 Å².